The maximum atomic E-state index is 13.5. The number of hydrogen-bond donors (Lipinski definition) is 1. The van der Waals surface area contributed by atoms with Gasteiger partial charge in [0, 0.05) is 5.56 Å². The van der Waals surface area contributed by atoms with Gasteiger partial charge in [-0.2, -0.15) is 0 Å². The summed E-state index contributed by atoms with van der Waals surface area (Å²) >= 11 is 0. The molecule has 20 heavy (non-hydrogen) atoms. The Morgan fingerprint density at radius 3 is 2.30 bits per heavy atom. The second-order valence-corrected chi connectivity index (χ2v) is 5.03. The van der Waals surface area contributed by atoms with Crippen molar-refractivity contribution in [2.45, 2.75) is 20.8 Å². The number of halogens is 1. The summed E-state index contributed by atoms with van der Waals surface area (Å²) < 4.78 is 13.5. The second-order valence-electron chi connectivity index (χ2n) is 5.03. The topological polar surface area (TPSA) is 29.1 Å². The third kappa shape index (κ3) is 3.05. The van der Waals surface area contributed by atoms with Crippen molar-refractivity contribution < 1.29 is 9.18 Å². The van der Waals surface area contributed by atoms with Crippen molar-refractivity contribution in [3.8, 4) is 0 Å². The molecule has 104 valence electrons. The molecule has 2 aromatic carbocycles. The average molecular weight is 271 g/mol. The van der Waals surface area contributed by atoms with Crippen LogP contribution in [0.15, 0.2) is 36.4 Å². The third-order valence-electron chi connectivity index (χ3n) is 3.27. The number of ketones is 1. The van der Waals surface area contributed by atoms with Crippen LogP contribution in [0.4, 0.5) is 10.1 Å². The molecule has 0 radical (unpaired) electrons. The highest BCUT2D eigenvalue weighted by molar-refractivity contribution is 6.01. The first-order valence-corrected chi connectivity index (χ1v) is 6.58. The molecule has 0 aliphatic rings. The minimum Gasteiger partial charge on any atom is -0.375 e. The first-order valence-electron chi connectivity index (χ1n) is 6.58. The van der Waals surface area contributed by atoms with Crippen LogP contribution in [0.3, 0.4) is 0 Å². The van der Waals surface area contributed by atoms with Crippen molar-refractivity contribution >= 4 is 11.5 Å². The minimum atomic E-state index is -0.349. The van der Waals surface area contributed by atoms with E-state index >= 15 is 0 Å². The number of hydrogen-bond acceptors (Lipinski definition) is 2. The van der Waals surface area contributed by atoms with Crippen molar-refractivity contribution in [1.82, 2.24) is 0 Å². The van der Waals surface area contributed by atoms with E-state index < -0.39 is 0 Å². The Morgan fingerprint density at radius 2 is 1.70 bits per heavy atom. The van der Waals surface area contributed by atoms with Gasteiger partial charge in [-0.1, -0.05) is 29.8 Å². The maximum absolute atomic E-state index is 13.5. The van der Waals surface area contributed by atoms with Crippen LogP contribution in [-0.2, 0) is 0 Å². The molecule has 0 aliphatic heterocycles. The van der Waals surface area contributed by atoms with Crippen molar-refractivity contribution in [2.24, 2.45) is 0 Å². The van der Waals surface area contributed by atoms with E-state index in [2.05, 4.69) is 5.32 Å². The summed E-state index contributed by atoms with van der Waals surface area (Å²) in [6.45, 7) is 5.95. The van der Waals surface area contributed by atoms with Crippen molar-refractivity contribution in [1.29, 1.82) is 0 Å². The minimum absolute atomic E-state index is 0.0248. The molecule has 0 heterocycles. The van der Waals surface area contributed by atoms with Crippen molar-refractivity contribution in [3.63, 3.8) is 0 Å². The Hall–Kier alpha value is -2.16. The molecule has 3 heteroatoms. The van der Waals surface area contributed by atoms with Gasteiger partial charge >= 0.3 is 0 Å². The Balaban J connectivity index is 2.16. The lowest BCUT2D eigenvalue weighted by Gasteiger charge is -2.12. The zero-order valence-electron chi connectivity index (χ0n) is 12.0. The molecule has 0 spiro atoms. The predicted molar refractivity (Wildman–Crippen MR) is 79.9 cm³/mol. The molecule has 0 saturated heterocycles. The molecule has 0 aliphatic carbocycles. The molecule has 0 bridgehead atoms. The molecular weight excluding hydrogens is 253 g/mol. The summed E-state index contributed by atoms with van der Waals surface area (Å²) in [4.78, 5) is 12.3. The fraction of sp³-hybridized carbons (Fsp3) is 0.235. The first kappa shape index (κ1) is 14.3. The summed E-state index contributed by atoms with van der Waals surface area (Å²) in [5, 5.41) is 2.86. The number of nitrogens with one attached hydrogen (secondary N) is 1. The Bertz CT molecular complexity index is 626. The van der Waals surface area contributed by atoms with Crippen LogP contribution in [0.25, 0.3) is 0 Å². The van der Waals surface area contributed by atoms with Crippen LogP contribution >= 0.6 is 0 Å². The van der Waals surface area contributed by atoms with Gasteiger partial charge in [-0.15, -0.1) is 0 Å². The van der Waals surface area contributed by atoms with E-state index in [4.69, 9.17) is 0 Å². The van der Waals surface area contributed by atoms with Crippen LogP contribution in [0.2, 0.25) is 0 Å². The van der Waals surface area contributed by atoms with Gasteiger partial charge < -0.3 is 5.32 Å². The van der Waals surface area contributed by atoms with Crippen molar-refractivity contribution in [3.05, 3.63) is 64.5 Å². The summed E-state index contributed by atoms with van der Waals surface area (Å²) in [5.41, 5.74) is 4.13. The highest BCUT2D eigenvalue weighted by atomic mass is 19.1. The summed E-state index contributed by atoms with van der Waals surface area (Å²) in [7, 11) is 0. The van der Waals surface area contributed by atoms with Crippen LogP contribution in [0.5, 0.6) is 0 Å². The number of anilines is 1. The van der Waals surface area contributed by atoms with E-state index in [0.717, 1.165) is 22.3 Å². The highest BCUT2D eigenvalue weighted by Crippen LogP contribution is 2.18. The van der Waals surface area contributed by atoms with Gasteiger partial charge in [0.25, 0.3) is 0 Å². The van der Waals surface area contributed by atoms with Crippen LogP contribution < -0.4 is 5.32 Å². The SMILES string of the molecule is Cc1cc(C)c(C(=O)CNc2ccccc2F)c(C)c1. The smallest absolute Gasteiger partial charge is 0.182 e. The van der Waals surface area contributed by atoms with E-state index in [-0.39, 0.29) is 18.1 Å². The molecule has 2 rings (SSSR count). The quantitative estimate of drug-likeness (QED) is 0.850. The number of carbonyl (C=O) groups excluding carboxylic acids is 1. The van der Waals surface area contributed by atoms with Gasteiger partial charge in [0.15, 0.2) is 5.78 Å². The fourth-order valence-corrected chi connectivity index (χ4v) is 2.49. The first-order chi connectivity index (χ1) is 9.49. The van der Waals surface area contributed by atoms with Gasteiger partial charge in [0.2, 0.25) is 0 Å². The van der Waals surface area contributed by atoms with Crippen LogP contribution in [0.1, 0.15) is 27.0 Å². The maximum Gasteiger partial charge on any atom is 0.182 e. The molecule has 1 N–H and O–H groups in total. The fourth-order valence-electron chi connectivity index (χ4n) is 2.49. The lowest BCUT2D eigenvalue weighted by Crippen LogP contribution is -2.17. The van der Waals surface area contributed by atoms with Crippen LogP contribution in [-0.4, -0.2) is 12.3 Å². The molecule has 0 atom stereocenters. The van der Waals surface area contributed by atoms with Gasteiger partial charge in [0.1, 0.15) is 5.82 Å². The molecule has 2 nitrogen and oxygen atoms in total. The van der Waals surface area contributed by atoms with E-state index in [1.165, 1.54) is 6.07 Å². The average Bonchev–Trinajstić information content (AvgIpc) is 2.36. The Kier molecular flexibility index (Phi) is 4.18. The molecule has 0 unspecified atom stereocenters. The summed E-state index contributed by atoms with van der Waals surface area (Å²) in [6.07, 6.45) is 0. The Morgan fingerprint density at radius 1 is 1.10 bits per heavy atom. The number of carbonyl (C=O) groups is 1. The molecule has 0 fully saturated rings. The number of rotatable bonds is 4. The molecular formula is C17H18FNO. The number of benzene rings is 2. The molecule has 0 saturated carbocycles. The highest BCUT2D eigenvalue weighted by Gasteiger charge is 2.13. The summed E-state index contributed by atoms with van der Waals surface area (Å²) in [6, 6.07) is 10.3. The normalized spacial score (nSPS) is 10.4. The molecule has 2 aromatic rings. The zero-order valence-corrected chi connectivity index (χ0v) is 12.0. The Labute approximate surface area is 118 Å². The van der Waals surface area contributed by atoms with Gasteiger partial charge in [-0.3, -0.25) is 4.79 Å². The van der Waals surface area contributed by atoms with Gasteiger partial charge in [-0.25, -0.2) is 4.39 Å². The van der Waals surface area contributed by atoms with Crippen molar-refractivity contribution in [2.75, 3.05) is 11.9 Å². The summed E-state index contributed by atoms with van der Waals surface area (Å²) in [5.74, 6) is -0.374. The lowest BCUT2D eigenvalue weighted by atomic mass is 9.96. The number of para-hydroxylation sites is 1. The molecule has 0 aromatic heterocycles. The van der Waals surface area contributed by atoms with E-state index in [1.807, 2.05) is 32.9 Å². The number of Topliss-reactive ketones (excluding diaryl/α,β-unsaturated/α-hetero) is 1. The lowest BCUT2D eigenvalue weighted by molar-refractivity contribution is 0.100. The van der Waals surface area contributed by atoms with Gasteiger partial charge in [0.05, 0.1) is 12.2 Å². The standard InChI is InChI=1S/C17H18FNO/c1-11-8-12(2)17(13(3)9-11)16(20)10-19-15-7-5-4-6-14(15)18/h4-9,19H,10H2,1-3H3. The van der Waals surface area contributed by atoms with E-state index in [9.17, 15) is 9.18 Å². The predicted octanol–water partition coefficient (Wildman–Crippen LogP) is 4.05. The second kappa shape index (κ2) is 5.87. The monoisotopic (exact) mass is 271 g/mol. The third-order valence-corrected chi connectivity index (χ3v) is 3.27. The number of aryl methyl sites for hydroxylation is 3. The van der Waals surface area contributed by atoms with Crippen LogP contribution in [0, 0.1) is 26.6 Å². The van der Waals surface area contributed by atoms with Gasteiger partial charge in [-0.05, 0) is 44.0 Å². The zero-order chi connectivity index (χ0) is 14.7. The van der Waals surface area contributed by atoms with E-state index in [0.29, 0.717) is 5.69 Å². The largest absolute Gasteiger partial charge is 0.375 e. The van der Waals surface area contributed by atoms with E-state index in [1.54, 1.807) is 18.2 Å². The molecule has 0 amide bonds.